The maximum absolute atomic E-state index is 13.2. The van der Waals surface area contributed by atoms with Crippen molar-refractivity contribution in [3.63, 3.8) is 0 Å². The monoisotopic (exact) mass is 345 g/mol. The summed E-state index contributed by atoms with van der Waals surface area (Å²) in [7, 11) is 0. The van der Waals surface area contributed by atoms with E-state index in [1.807, 2.05) is 18.3 Å². The second kappa shape index (κ2) is 5.97. The van der Waals surface area contributed by atoms with Gasteiger partial charge >= 0.3 is 0 Å². The zero-order valence-corrected chi connectivity index (χ0v) is 15.0. The van der Waals surface area contributed by atoms with E-state index in [1.54, 1.807) is 6.20 Å². The molecule has 2 aliphatic carbocycles. The Morgan fingerprint density at radius 2 is 1.96 bits per heavy atom. The molecule has 26 heavy (non-hydrogen) atoms. The first-order valence-electron chi connectivity index (χ1n) is 9.52. The number of rotatable bonds is 4. The Labute approximate surface area is 153 Å². The largest absolute Gasteiger partial charge is 0.360 e. The number of amides is 1. The predicted molar refractivity (Wildman–Crippen MR) is 102 cm³/mol. The zero-order chi connectivity index (χ0) is 17.7. The van der Waals surface area contributed by atoms with Crippen molar-refractivity contribution in [3.05, 3.63) is 65.5 Å². The van der Waals surface area contributed by atoms with E-state index in [2.05, 4.69) is 46.1 Å². The SMILES string of the molecule is Cc1ccccc1C1CC(N(C(=O)c2cnc3cc[nH]c3c2)C2CC2)C1. The van der Waals surface area contributed by atoms with Crippen LogP contribution in [0.1, 0.15) is 53.1 Å². The van der Waals surface area contributed by atoms with Crippen LogP contribution in [0, 0.1) is 6.92 Å². The Balaban J connectivity index is 1.36. The summed E-state index contributed by atoms with van der Waals surface area (Å²) in [5.41, 5.74) is 5.34. The number of nitrogens with zero attached hydrogens (tertiary/aromatic N) is 2. The van der Waals surface area contributed by atoms with Gasteiger partial charge in [-0.1, -0.05) is 24.3 Å². The smallest absolute Gasteiger partial charge is 0.255 e. The van der Waals surface area contributed by atoms with Crippen LogP contribution in [0.5, 0.6) is 0 Å². The van der Waals surface area contributed by atoms with Crippen LogP contribution in [0.4, 0.5) is 0 Å². The summed E-state index contributed by atoms with van der Waals surface area (Å²) in [6, 6.07) is 13.3. The topological polar surface area (TPSA) is 49.0 Å². The quantitative estimate of drug-likeness (QED) is 0.761. The van der Waals surface area contributed by atoms with Crippen LogP contribution in [-0.2, 0) is 0 Å². The third kappa shape index (κ3) is 2.61. The summed E-state index contributed by atoms with van der Waals surface area (Å²) in [5.74, 6) is 0.726. The van der Waals surface area contributed by atoms with Gasteiger partial charge in [0.1, 0.15) is 0 Å². The number of hydrogen-bond donors (Lipinski definition) is 1. The molecule has 4 heteroatoms. The van der Waals surface area contributed by atoms with E-state index in [9.17, 15) is 4.79 Å². The number of nitrogens with one attached hydrogen (secondary N) is 1. The molecule has 4 nitrogen and oxygen atoms in total. The van der Waals surface area contributed by atoms with Gasteiger partial charge in [-0.2, -0.15) is 0 Å². The van der Waals surface area contributed by atoms with Crippen molar-refractivity contribution in [2.24, 2.45) is 0 Å². The van der Waals surface area contributed by atoms with E-state index in [0.717, 1.165) is 36.7 Å². The number of H-pyrrole nitrogens is 1. The molecule has 5 rings (SSSR count). The minimum absolute atomic E-state index is 0.143. The molecule has 0 bridgehead atoms. The number of carbonyl (C=O) groups is 1. The fourth-order valence-electron chi connectivity index (χ4n) is 4.30. The van der Waals surface area contributed by atoms with E-state index >= 15 is 0 Å². The molecule has 0 atom stereocenters. The van der Waals surface area contributed by atoms with Gasteiger partial charge in [0, 0.05) is 24.5 Å². The second-order valence-corrected chi connectivity index (χ2v) is 7.76. The molecule has 2 aliphatic rings. The van der Waals surface area contributed by atoms with Crippen molar-refractivity contribution in [1.29, 1.82) is 0 Å². The van der Waals surface area contributed by atoms with Gasteiger partial charge in [0.05, 0.1) is 16.6 Å². The number of aromatic amines is 1. The average molecular weight is 345 g/mol. The molecule has 0 saturated heterocycles. The van der Waals surface area contributed by atoms with Gasteiger partial charge in [-0.25, -0.2) is 0 Å². The molecule has 1 aromatic carbocycles. The number of aryl methyl sites for hydroxylation is 1. The van der Waals surface area contributed by atoms with Crippen LogP contribution in [0.2, 0.25) is 0 Å². The number of fused-ring (bicyclic) bond motifs is 1. The highest BCUT2D eigenvalue weighted by atomic mass is 16.2. The summed E-state index contributed by atoms with van der Waals surface area (Å²) in [5, 5.41) is 0. The van der Waals surface area contributed by atoms with Crippen molar-refractivity contribution in [2.45, 2.75) is 50.6 Å². The second-order valence-electron chi connectivity index (χ2n) is 7.76. The Kier molecular flexibility index (Phi) is 3.59. The van der Waals surface area contributed by atoms with Gasteiger partial charge in [-0.3, -0.25) is 9.78 Å². The van der Waals surface area contributed by atoms with Gasteiger partial charge in [0.2, 0.25) is 0 Å². The van der Waals surface area contributed by atoms with Crippen molar-refractivity contribution < 1.29 is 4.79 Å². The van der Waals surface area contributed by atoms with Crippen LogP contribution in [0.25, 0.3) is 11.0 Å². The van der Waals surface area contributed by atoms with E-state index < -0.39 is 0 Å². The Morgan fingerprint density at radius 3 is 2.73 bits per heavy atom. The lowest BCUT2D eigenvalue weighted by atomic mass is 9.73. The van der Waals surface area contributed by atoms with Crippen molar-refractivity contribution >= 4 is 16.9 Å². The maximum Gasteiger partial charge on any atom is 0.255 e. The molecule has 0 radical (unpaired) electrons. The van der Waals surface area contributed by atoms with Crippen LogP contribution >= 0.6 is 0 Å². The third-order valence-corrected chi connectivity index (χ3v) is 5.96. The normalized spacial score (nSPS) is 22.2. The minimum atomic E-state index is 0.143. The molecule has 132 valence electrons. The number of benzene rings is 1. The molecule has 0 spiro atoms. The number of aromatic nitrogens is 2. The van der Waals surface area contributed by atoms with E-state index in [-0.39, 0.29) is 5.91 Å². The fourth-order valence-corrected chi connectivity index (χ4v) is 4.30. The standard InChI is InChI=1S/C22H23N3O/c1-14-4-2-3-5-19(14)15-10-18(11-15)25(17-6-7-17)22(26)16-12-21-20(24-13-16)8-9-23-21/h2-5,8-9,12-13,15,17-18,23H,6-7,10-11H2,1H3. The molecular formula is C22H23N3O. The molecule has 1 N–H and O–H groups in total. The van der Waals surface area contributed by atoms with Gasteiger partial charge in [0.25, 0.3) is 5.91 Å². The lowest BCUT2D eigenvalue weighted by Gasteiger charge is -2.44. The summed E-state index contributed by atoms with van der Waals surface area (Å²) in [4.78, 5) is 22.9. The highest BCUT2D eigenvalue weighted by molar-refractivity contribution is 5.97. The van der Waals surface area contributed by atoms with E-state index in [4.69, 9.17) is 0 Å². The summed E-state index contributed by atoms with van der Waals surface area (Å²) >= 11 is 0. The Morgan fingerprint density at radius 1 is 1.15 bits per heavy atom. The third-order valence-electron chi connectivity index (χ3n) is 5.96. The summed E-state index contributed by atoms with van der Waals surface area (Å²) in [6.45, 7) is 2.18. The Hall–Kier alpha value is -2.62. The fraction of sp³-hybridized carbons (Fsp3) is 0.364. The number of hydrogen-bond acceptors (Lipinski definition) is 2. The molecule has 2 saturated carbocycles. The van der Waals surface area contributed by atoms with Gasteiger partial charge < -0.3 is 9.88 Å². The van der Waals surface area contributed by atoms with Crippen LogP contribution in [0.3, 0.4) is 0 Å². The zero-order valence-electron chi connectivity index (χ0n) is 15.0. The lowest BCUT2D eigenvalue weighted by molar-refractivity contribution is 0.0516. The minimum Gasteiger partial charge on any atom is -0.360 e. The molecular weight excluding hydrogens is 322 g/mol. The van der Waals surface area contributed by atoms with Crippen molar-refractivity contribution in [3.8, 4) is 0 Å². The first-order valence-corrected chi connectivity index (χ1v) is 9.52. The molecule has 3 aromatic rings. The summed E-state index contributed by atoms with van der Waals surface area (Å²) in [6.07, 6.45) is 8.01. The first kappa shape index (κ1) is 15.6. The molecule has 1 amide bonds. The number of pyridine rings is 1. The van der Waals surface area contributed by atoms with Crippen LogP contribution < -0.4 is 0 Å². The molecule has 2 aromatic heterocycles. The summed E-state index contributed by atoms with van der Waals surface area (Å²) < 4.78 is 0. The lowest BCUT2D eigenvalue weighted by Crippen LogP contribution is -2.48. The van der Waals surface area contributed by atoms with Gasteiger partial charge in [-0.05, 0) is 61.8 Å². The molecule has 0 aliphatic heterocycles. The van der Waals surface area contributed by atoms with E-state index in [0.29, 0.717) is 23.6 Å². The van der Waals surface area contributed by atoms with Gasteiger partial charge in [-0.15, -0.1) is 0 Å². The van der Waals surface area contributed by atoms with E-state index in [1.165, 1.54) is 11.1 Å². The Bertz CT molecular complexity index is 966. The number of carbonyl (C=O) groups excluding carboxylic acids is 1. The molecule has 2 fully saturated rings. The van der Waals surface area contributed by atoms with Crippen LogP contribution in [0.15, 0.2) is 48.8 Å². The average Bonchev–Trinajstić information content (AvgIpc) is 3.34. The maximum atomic E-state index is 13.2. The van der Waals surface area contributed by atoms with Crippen LogP contribution in [-0.4, -0.2) is 32.9 Å². The first-order chi connectivity index (χ1) is 12.7. The van der Waals surface area contributed by atoms with Crippen molar-refractivity contribution in [2.75, 3.05) is 0 Å². The predicted octanol–water partition coefficient (Wildman–Crippen LogP) is 4.42. The van der Waals surface area contributed by atoms with Crippen molar-refractivity contribution in [1.82, 2.24) is 14.9 Å². The highest BCUT2D eigenvalue weighted by Crippen LogP contribution is 2.44. The molecule has 2 heterocycles. The molecule has 0 unspecified atom stereocenters. The highest BCUT2D eigenvalue weighted by Gasteiger charge is 2.44. The van der Waals surface area contributed by atoms with Gasteiger partial charge in [0.15, 0.2) is 0 Å².